The third kappa shape index (κ3) is 7.92. The number of unbranched alkanes of at least 4 members (excludes halogenated alkanes) is 1. The fraction of sp³-hybridized carbons (Fsp3) is 0.778. The van der Waals surface area contributed by atoms with Gasteiger partial charge in [0.2, 0.25) is 0 Å². The van der Waals surface area contributed by atoms with Crippen molar-refractivity contribution < 1.29 is 9.59 Å². The lowest BCUT2D eigenvalue weighted by molar-refractivity contribution is -0.123. The number of ketones is 2. The van der Waals surface area contributed by atoms with Crippen LogP contribution in [0.5, 0.6) is 0 Å². The van der Waals surface area contributed by atoms with Crippen molar-refractivity contribution in [3.05, 3.63) is 0 Å². The number of halogens is 1. The van der Waals surface area contributed by atoms with Crippen LogP contribution in [-0.2, 0) is 9.59 Å². The molecular weight excluding hydrogens is 220 g/mol. The van der Waals surface area contributed by atoms with Gasteiger partial charge in [-0.25, -0.2) is 0 Å². The van der Waals surface area contributed by atoms with E-state index >= 15 is 0 Å². The topological polar surface area (TPSA) is 34.1 Å². The van der Waals surface area contributed by atoms with Gasteiger partial charge < -0.3 is 4.79 Å². The minimum absolute atomic E-state index is 0.101. The first-order valence-corrected chi connectivity index (χ1v) is 5.36. The quantitative estimate of drug-likeness (QED) is 0.501. The molecule has 0 aromatic heterocycles. The largest absolute Gasteiger partial charge is 0.300 e. The molecule has 0 aliphatic heterocycles. The highest BCUT2D eigenvalue weighted by Gasteiger charge is 2.02. The minimum atomic E-state index is 0.101. The Morgan fingerprint density at radius 2 is 1.75 bits per heavy atom. The molecule has 12 heavy (non-hydrogen) atoms. The van der Waals surface area contributed by atoms with Crippen LogP contribution in [-0.4, -0.2) is 16.9 Å². The summed E-state index contributed by atoms with van der Waals surface area (Å²) in [5, 5.41) is 0.951. The molecule has 0 atom stereocenters. The Morgan fingerprint density at radius 1 is 1.08 bits per heavy atom. The van der Waals surface area contributed by atoms with E-state index in [1.54, 1.807) is 0 Å². The zero-order valence-electron chi connectivity index (χ0n) is 7.44. The van der Waals surface area contributed by atoms with Crippen LogP contribution in [0.4, 0.5) is 0 Å². The van der Waals surface area contributed by atoms with Gasteiger partial charge >= 0.3 is 0 Å². The van der Waals surface area contributed by atoms with E-state index in [1.165, 1.54) is 6.92 Å². The first kappa shape index (κ1) is 11.8. The van der Waals surface area contributed by atoms with E-state index < -0.39 is 0 Å². The summed E-state index contributed by atoms with van der Waals surface area (Å²) in [5.74, 6) is 0.315. The smallest absolute Gasteiger partial charge is 0.133 e. The number of carbonyl (C=O) groups excluding carboxylic acids is 2. The first-order valence-electron chi connectivity index (χ1n) is 4.24. The first-order chi connectivity index (χ1) is 5.66. The van der Waals surface area contributed by atoms with Gasteiger partial charge in [-0.2, -0.15) is 0 Å². The van der Waals surface area contributed by atoms with Gasteiger partial charge in [0.15, 0.2) is 0 Å². The Morgan fingerprint density at radius 3 is 2.25 bits per heavy atom. The van der Waals surface area contributed by atoms with Crippen molar-refractivity contribution in [2.24, 2.45) is 0 Å². The van der Waals surface area contributed by atoms with Gasteiger partial charge in [-0.1, -0.05) is 15.9 Å². The Kier molecular flexibility index (Phi) is 7.36. The average molecular weight is 235 g/mol. The summed E-state index contributed by atoms with van der Waals surface area (Å²) in [7, 11) is 0. The summed E-state index contributed by atoms with van der Waals surface area (Å²) in [6, 6.07) is 0. The Balaban J connectivity index is 3.28. The molecule has 0 aromatic rings. The number of hydrogen-bond acceptors (Lipinski definition) is 2. The summed E-state index contributed by atoms with van der Waals surface area (Å²) < 4.78 is 0. The van der Waals surface area contributed by atoms with Crippen LogP contribution in [0.3, 0.4) is 0 Å². The number of Topliss-reactive ketones (excluding diaryl/α,β-unsaturated/α-hetero) is 2. The van der Waals surface area contributed by atoms with Crippen LogP contribution in [0.15, 0.2) is 0 Å². The van der Waals surface area contributed by atoms with Crippen LogP contribution in [0, 0.1) is 0 Å². The SMILES string of the molecule is CC(=O)CCC(=O)CCCCBr. The summed E-state index contributed by atoms with van der Waals surface area (Å²) >= 11 is 3.30. The van der Waals surface area contributed by atoms with Crippen LogP contribution in [0.2, 0.25) is 0 Å². The molecular formula is C9H15BrO2. The molecule has 0 aliphatic carbocycles. The predicted octanol–water partition coefficient (Wildman–Crippen LogP) is 2.49. The van der Waals surface area contributed by atoms with Gasteiger partial charge in [-0.05, 0) is 19.8 Å². The summed E-state index contributed by atoms with van der Waals surface area (Å²) in [4.78, 5) is 21.6. The maximum absolute atomic E-state index is 11.1. The van der Waals surface area contributed by atoms with Crippen molar-refractivity contribution in [1.82, 2.24) is 0 Å². The number of rotatable bonds is 7. The van der Waals surface area contributed by atoms with Crippen molar-refractivity contribution >= 4 is 27.5 Å². The molecule has 70 valence electrons. The summed E-state index contributed by atoms with van der Waals surface area (Å²) in [5.41, 5.74) is 0. The van der Waals surface area contributed by atoms with Crippen molar-refractivity contribution in [1.29, 1.82) is 0 Å². The molecule has 0 radical (unpaired) electrons. The van der Waals surface area contributed by atoms with Gasteiger partial charge in [-0.15, -0.1) is 0 Å². The lowest BCUT2D eigenvalue weighted by Gasteiger charge is -1.97. The summed E-state index contributed by atoms with van der Waals surface area (Å²) in [6.45, 7) is 1.52. The molecule has 0 fully saturated rings. The maximum atomic E-state index is 11.1. The molecule has 3 heteroatoms. The van der Waals surface area contributed by atoms with E-state index in [0.29, 0.717) is 19.3 Å². The minimum Gasteiger partial charge on any atom is -0.300 e. The van der Waals surface area contributed by atoms with Gasteiger partial charge in [0.25, 0.3) is 0 Å². The molecule has 0 aliphatic rings. The maximum Gasteiger partial charge on any atom is 0.133 e. The normalized spacial score (nSPS) is 9.83. The van der Waals surface area contributed by atoms with Gasteiger partial charge in [0.05, 0.1) is 0 Å². The van der Waals surface area contributed by atoms with Crippen LogP contribution >= 0.6 is 15.9 Å². The van der Waals surface area contributed by atoms with Crippen molar-refractivity contribution in [3.8, 4) is 0 Å². The lowest BCUT2D eigenvalue weighted by Crippen LogP contribution is -2.01. The highest BCUT2D eigenvalue weighted by molar-refractivity contribution is 9.09. The second-order valence-electron chi connectivity index (χ2n) is 2.89. The molecule has 0 saturated carbocycles. The fourth-order valence-electron chi connectivity index (χ4n) is 0.857. The fourth-order valence-corrected chi connectivity index (χ4v) is 1.25. The predicted molar refractivity (Wildman–Crippen MR) is 52.6 cm³/mol. The molecule has 0 saturated heterocycles. The highest BCUT2D eigenvalue weighted by Crippen LogP contribution is 2.03. The Hall–Kier alpha value is -0.180. The Labute approximate surface area is 81.8 Å². The molecule has 0 rings (SSSR count). The van der Waals surface area contributed by atoms with E-state index in [0.717, 1.165) is 18.2 Å². The number of alkyl halides is 1. The van der Waals surface area contributed by atoms with Crippen molar-refractivity contribution in [2.45, 2.75) is 39.0 Å². The zero-order chi connectivity index (χ0) is 9.40. The Bertz CT molecular complexity index is 155. The highest BCUT2D eigenvalue weighted by atomic mass is 79.9. The molecule has 0 unspecified atom stereocenters. The van der Waals surface area contributed by atoms with Crippen LogP contribution < -0.4 is 0 Å². The van der Waals surface area contributed by atoms with E-state index in [1.807, 2.05) is 0 Å². The zero-order valence-corrected chi connectivity index (χ0v) is 9.02. The van der Waals surface area contributed by atoms with Crippen molar-refractivity contribution in [2.75, 3.05) is 5.33 Å². The molecule has 0 spiro atoms. The van der Waals surface area contributed by atoms with Gasteiger partial charge in [-0.3, -0.25) is 4.79 Å². The second-order valence-corrected chi connectivity index (χ2v) is 3.68. The molecule has 0 heterocycles. The average Bonchev–Trinajstić information content (AvgIpc) is 2.01. The number of carbonyl (C=O) groups is 2. The molecule has 0 aromatic carbocycles. The van der Waals surface area contributed by atoms with Gasteiger partial charge in [0.1, 0.15) is 11.6 Å². The van der Waals surface area contributed by atoms with Crippen LogP contribution in [0.1, 0.15) is 39.0 Å². The van der Waals surface area contributed by atoms with E-state index in [-0.39, 0.29) is 11.6 Å². The molecule has 2 nitrogen and oxygen atoms in total. The molecule has 0 bridgehead atoms. The number of hydrogen-bond donors (Lipinski definition) is 0. The third-order valence-electron chi connectivity index (χ3n) is 1.60. The molecule has 0 amide bonds. The van der Waals surface area contributed by atoms with E-state index in [4.69, 9.17) is 0 Å². The lowest BCUT2D eigenvalue weighted by atomic mass is 10.1. The standard InChI is InChI=1S/C9H15BrO2/c1-8(11)5-6-9(12)4-2-3-7-10/h2-7H2,1H3. The van der Waals surface area contributed by atoms with Crippen molar-refractivity contribution in [3.63, 3.8) is 0 Å². The summed E-state index contributed by atoms with van der Waals surface area (Å²) in [6.07, 6.45) is 3.43. The van der Waals surface area contributed by atoms with E-state index in [2.05, 4.69) is 15.9 Å². The third-order valence-corrected chi connectivity index (χ3v) is 2.16. The van der Waals surface area contributed by atoms with Gasteiger partial charge in [0, 0.05) is 24.6 Å². The second kappa shape index (κ2) is 7.47. The van der Waals surface area contributed by atoms with Crippen LogP contribution in [0.25, 0.3) is 0 Å². The monoisotopic (exact) mass is 234 g/mol. The van der Waals surface area contributed by atoms with E-state index in [9.17, 15) is 9.59 Å². The molecule has 0 N–H and O–H groups in total.